The van der Waals surface area contributed by atoms with E-state index in [1.54, 1.807) is 34.6 Å². The number of carbonyl (C=O) groups excluding carboxylic acids is 1. The number of halogens is 1. The zero-order valence-electron chi connectivity index (χ0n) is 18.8. The second-order valence-corrected chi connectivity index (χ2v) is 8.57. The van der Waals surface area contributed by atoms with Gasteiger partial charge in [-0.1, -0.05) is 43.0 Å². The lowest BCUT2D eigenvalue weighted by atomic mass is 9.95. The van der Waals surface area contributed by atoms with Crippen molar-refractivity contribution in [3.63, 3.8) is 0 Å². The third kappa shape index (κ3) is 4.88. The lowest BCUT2D eigenvalue weighted by Gasteiger charge is -2.28. The van der Waals surface area contributed by atoms with E-state index < -0.39 is 6.04 Å². The number of nitrogens with one attached hydrogen (secondary N) is 2. The maximum absolute atomic E-state index is 13.7. The topological polar surface area (TPSA) is 81.1 Å². The third-order valence-electron chi connectivity index (χ3n) is 5.13. The van der Waals surface area contributed by atoms with Crippen molar-refractivity contribution in [3.05, 3.63) is 71.2 Å². The fourth-order valence-electron chi connectivity index (χ4n) is 3.67. The molecule has 0 radical (unpaired) electrons. The summed E-state index contributed by atoms with van der Waals surface area (Å²) in [5.74, 6) is 1.38. The first-order valence-corrected chi connectivity index (χ1v) is 11.9. The van der Waals surface area contributed by atoms with Gasteiger partial charge in [-0.25, -0.2) is 9.07 Å². The van der Waals surface area contributed by atoms with Gasteiger partial charge in [0, 0.05) is 11.4 Å². The van der Waals surface area contributed by atoms with Gasteiger partial charge in [-0.2, -0.15) is 4.98 Å². The molecule has 33 heavy (non-hydrogen) atoms. The average molecular weight is 468 g/mol. The summed E-state index contributed by atoms with van der Waals surface area (Å²) in [6, 6.07) is 12.8. The van der Waals surface area contributed by atoms with Gasteiger partial charge >= 0.3 is 0 Å². The molecule has 0 saturated heterocycles. The molecule has 0 aliphatic carbocycles. The Morgan fingerprint density at radius 2 is 1.97 bits per heavy atom. The van der Waals surface area contributed by atoms with Gasteiger partial charge in [0.05, 0.1) is 17.9 Å². The van der Waals surface area contributed by atoms with Crippen LogP contribution in [0.1, 0.15) is 38.8 Å². The summed E-state index contributed by atoms with van der Waals surface area (Å²) in [5, 5.41) is 11.5. The van der Waals surface area contributed by atoms with Crippen LogP contribution in [0.5, 0.6) is 5.75 Å². The summed E-state index contributed by atoms with van der Waals surface area (Å²) in [5.41, 5.74) is 2.43. The van der Waals surface area contributed by atoms with Crippen LogP contribution in [0.15, 0.2) is 65.0 Å². The predicted octanol–water partition coefficient (Wildman–Crippen LogP) is 5.25. The zero-order chi connectivity index (χ0) is 23.4. The number of rotatable bonds is 8. The molecule has 172 valence electrons. The number of thioether (sulfide) groups is 1. The Balaban J connectivity index is 1.74. The van der Waals surface area contributed by atoms with E-state index in [9.17, 15) is 9.18 Å². The molecule has 1 aromatic heterocycles. The summed E-state index contributed by atoms with van der Waals surface area (Å²) in [6.45, 7) is 6.30. The lowest BCUT2D eigenvalue weighted by molar-refractivity contribution is -0.113. The van der Waals surface area contributed by atoms with Crippen molar-refractivity contribution in [1.82, 2.24) is 14.8 Å². The highest BCUT2D eigenvalue weighted by molar-refractivity contribution is 7.99. The first-order valence-electron chi connectivity index (χ1n) is 10.9. The summed E-state index contributed by atoms with van der Waals surface area (Å²) in [7, 11) is 0. The van der Waals surface area contributed by atoms with Gasteiger partial charge in [0.1, 0.15) is 17.6 Å². The summed E-state index contributed by atoms with van der Waals surface area (Å²) < 4.78 is 21.0. The third-order valence-corrected chi connectivity index (χ3v) is 6.18. The first kappa shape index (κ1) is 22.8. The van der Waals surface area contributed by atoms with Crippen LogP contribution in [0.3, 0.4) is 0 Å². The monoisotopic (exact) mass is 467 g/mol. The van der Waals surface area contributed by atoms with Gasteiger partial charge in [-0.3, -0.25) is 4.79 Å². The fourth-order valence-corrected chi connectivity index (χ4v) is 4.36. The van der Waals surface area contributed by atoms with E-state index in [4.69, 9.17) is 4.74 Å². The number of benzene rings is 2. The predicted molar refractivity (Wildman–Crippen MR) is 128 cm³/mol. The van der Waals surface area contributed by atoms with E-state index in [0.717, 1.165) is 17.7 Å². The number of hydrogen-bond acceptors (Lipinski definition) is 6. The molecule has 1 aliphatic heterocycles. The molecule has 2 heterocycles. The Morgan fingerprint density at radius 3 is 2.70 bits per heavy atom. The average Bonchev–Trinajstić information content (AvgIpc) is 3.21. The Hall–Kier alpha value is -3.33. The van der Waals surface area contributed by atoms with Crippen molar-refractivity contribution in [2.75, 3.05) is 23.0 Å². The number of nitrogens with zero attached hydrogens (tertiary/aromatic N) is 3. The number of allylic oxidation sites excluding steroid dienone is 1. The standard InChI is InChI=1S/C24H26FN5O2S/c1-4-14-33-24-28-23-26-15(3)20(21(30(23)29-24)16-10-12-17(25)13-11-16)22(31)27-18-8-6-7-9-19(18)32-5-2/h6-13,21H,4-5,14H2,1-3H3,(H,27,31)(H,26,28,29). The second kappa shape index (κ2) is 10.1. The summed E-state index contributed by atoms with van der Waals surface area (Å²) in [4.78, 5) is 18.2. The molecule has 4 rings (SSSR count). The van der Waals surface area contributed by atoms with Crippen LogP contribution in [0.4, 0.5) is 16.0 Å². The molecular formula is C24H26FN5O2S. The molecule has 0 bridgehead atoms. The van der Waals surface area contributed by atoms with E-state index in [-0.39, 0.29) is 11.7 Å². The lowest BCUT2D eigenvalue weighted by Crippen LogP contribution is -2.31. The van der Waals surface area contributed by atoms with Crippen LogP contribution >= 0.6 is 11.8 Å². The molecule has 1 atom stereocenters. The van der Waals surface area contributed by atoms with Gasteiger partial charge in [-0.05, 0) is 50.1 Å². The molecular weight excluding hydrogens is 441 g/mol. The van der Waals surface area contributed by atoms with E-state index >= 15 is 0 Å². The van der Waals surface area contributed by atoms with Gasteiger partial charge < -0.3 is 15.4 Å². The van der Waals surface area contributed by atoms with E-state index in [1.807, 2.05) is 32.0 Å². The largest absolute Gasteiger partial charge is 0.492 e. The maximum Gasteiger partial charge on any atom is 0.255 e. The van der Waals surface area contributed by atoms with Gasteiger partial charge in [0.15, 0.2) is 0 Å². The van der Waals surface area contributed by atoms with Gasteiger partial charge in [-0.15, -0.1) is 5.10 Å². The minimum absolute atomic E-state index is 0.301. The molecule has 2 aromatic carbocycles. The van der Waals surface area contributed by atoms with Crippen molar-refractivity contribution >= 4 is 29.3 Å². The minimum Gasteiger partial charge on any atom is -0.492 e. The van der Waals surface area contributed by atoms with Crippen molar-refractivity contribution in [1.29, 1.82) is 0 Å². The molecule has 1 aliphatic rings. The number of hydrogen-bond donors (Lipinski definition) is 2. The van der Waals surface area contributed by atoms with Crippen LogP contribution in [-0.4, -0.2) is 33.0 Å². The molecule has 0 fully saturated rings. The van der Waals surface area contributed by atoms with Gasteiger partial charge in [0.2, 0.25) is 11.1 Å². The normalized spacial score (nSPS) is 15.1. The smallest absolute Gasteiger partial charge is 0.255 e. The maximum atomic E-state index is 13.7. The number of carbonyl (C=O) groups is 1. The number of fused-ring (bicyclic) bond motifs is 1. The molecule has 0 spiro atoms. The first-order chi connectivity index (χ1) is 16.0. The summed E-state index contributed by atoms with van der Waals surface area (Å²) >= 11 is 1.56. The van der Waals surface area contributed by atoms with Crippen molar-refractivity contribution in [3.8, 4) is 5.75 Å². The number of anilines is 2. The highest BCUT2D eigenvalue weighted by Gasteiger charge is 2.34. The zero-order valence-corrected chi connectivity index (χ0v) is 19.6. The molecule has 1 amide bonds. The number of para-hydroxylation sites is 2. The fraction of sp³-hybridized carbons (Fsp3) is 0.292. The highest BCUT2D eigenvalue weighted by atomic mass is 32.2. The summed E-state index contributed by atoms with van der Waals surface area (Å²) in [6.07, 6.45) is 0.994. The van der Waals surface area contributed by atoms with Crippen molar-refractivity contribution in [2.45, 2.75) is 38.4 Å². The van der Waals surface area contributed by atoms with E-state index in [2.05, 4.69) is 27.6 Å². The molecule has 2 N–H and O–H groups in total. The van der Waals surface area contributed by atoms with E-state index in [0.29, 0.717) is 40.4 Å². The van der Waals surface area contributed by atoms with Crippen LogP contribution < -0.4 is 15.4 Å². The van der Waals surface area contributed by atoms with E-state index in [1.165, 1.54) is 12.1 Å². The Bertz CT molecular complexity index is 1180. The SMILES string of the molecule is CCCSc1nc2n(n1)C(c1ccc(F)cc1)C(C(=O)Nc1ccccc1OCC)=C(C)N2. The number of ether oxygens (including phenoxy) is 1. The Labute approximate surface area is 196 Å². The van der Waals surface area contributed by atoms with Crippen LogP contribution in [0.25, 0.3) is 0 Å². The number of amides is 1. The van der Waals surface area contributed by atoms with Crippen molar-refractivity contribution in [2.24, 2.45) is 0 Å². The Morgan fingerprint density at radius 1 is 1.21 bits per heavy atom. The molecule has 3 aromatic rings. The molecule has 7 nitrogen and oxygen atoms in total. The van der Waals surface area contributed by atoms with Crippen molar-refractivity contribution < 1.29 is 13.9 Å². The molecule has 9 heteroatoms. The highest BCUT2D eigenvalue weighted by Crippen LogP contribution is 2.37. The minimum atomic E-state index is -0.565. The second-order valence-electron chi connectivity index (χ2n) is 7.51. The van der Waals surface area contributed by atoms with Crippen LogP contribution in [0.2, 0.25) is 0 Å². The van der Waals surface area contributed by atoms with Crippen LogP contribution in [0, 0.1) is 5.82 Å². The van der Waals surface area contributed by atoms with Gasteiger partial charge in [0.25, 0.3) is 5.91 Å². The van der Waals surface area contributed by atoms with Crippen LogP contribution in [-0.2, 0) is 4.79 Å². The number of aromatic nitrogens is 3. The molecule has 0 saturated carbocycles. The quantitative estimate of drug-likeness (QED) is 0.441. The molecule has 1 unspecified atom stereocenters. The Kier molecular flexibility index (Phi) is 6.98.